The average molecular weight is 970 g/mol. The normalized spacial score (nSPS) is 16.0. The molecule has 4 atom stereocenters. The van der Waals surface area contributed by atoms with Gasteiger partial charge in [0.05, 0.1) is 34.6 Å². The van der Waals surface area contributed by atoms with Gasteiger partial charge in [-0.15, -0.1) is 11.3 Å². The first-order valence-electron chi connectivity index (χ1n) is 24.7. The molecule has 1 aliphatic rings. The third-order valence-electron chi connectivity index (χ3n) is 13.4. The number of unbranched alkanes of at least 4 members (excludes halogenated alkanes) is 4. The maximum atomic E-state index is 14.4. The number of aliphatic hydroxyl groups excluding tert-OH is 1. The highest BCUT2D eigenvalue weighted by Crippen LogP contribution is 2.39. The summed E-state index contributed by atoms with van der Waals surface area (Å²) in [6.45, 7) is 10.9. The highest BCUT2D eigenvalue weighted by Gasteiger charge is 2.47. The molecule has 1 fully saturated rings. The molecule has 0 radical (unpaired) electrons. The molecule has 1 aliphatic heterocycles. The molecule has 13 heteroatoms. The zero-order valence-electron chi connectivity index (χ0n) is 41.7. The van der Waals surface area contributed by atoms with Gasteiger partial charge in [-0.25, -0.2) is 4.98 Å². The Morgan fingerprint density at radius 3 is 2.14 bits per heavy atom. The van der Waals surface area contributed by atoms with Crippen molar-refractivity contribution in [3.63, 3.8) is 0 Å². The molecule has 1 saturated heterocycles. The Bertz CT molecular complexity index is 2530. The Labute approximate surface area is 418 Å². The van der Waals surface area contributed by atoms with E-state index in [9.17, 15) is 29.4 Å². The number of benzene rings is 4. The molecule has 12 nitrogen and oxygen atoms in total. The van der Waals surface area contributed by atoms with Crippen molar-refractivity contribution in [2.24, 2.45) is 23.0 Å². The number of phenolic OH excluding ortho intramolecular Hbond substituents is 1. The summed E-state index contributed by atoms with van der Waals surface area (Å²) >= 11 is 1.58. The number of aromatic nitrogens is 1. The van der Waals surface area contributed by atoms with Gasteiger partial charge in [-0.05, 0) is 94.8 Å². The van der Waals surface area contributed by atoms with Gasteiger partial charge in [-0.1, -0.05) is 132 Å². The van der Waals surface area contributed by atoms with Gasteiger partial charge in [0.1, 0.15) is 24.1 Å². The minimum absolute atomic E-state index is 0.00485. The molecule has 0 aliphatic carbocycles. The van der Waals surface area contributed by atoms with Crippen LogP contribution in [-0.4, -0.2) is 87.5 Å². The van der Waals surface area contributed by atoms with Crippen LogP contribution in [-0.2, 0) is 25.7 Å². The highest BCUT2D eigenvalue weighted by molar-refractivity contribution is 7.13. The van der Waals surface area contributed by atoms with Gasteiger partial charge >= 0.3 is 0 Å². The number of nitrogens with zero attached hydrogens (tertiary/aromatic N) is 3. The van der Waals surface area contributed by atoms with E-state index in [0.29, 0.717) is 38.2 Å². The van der Waals surface area contributed by atoms with E-state index in [-0.39, 0.29) is 43.0 Å². The third kappa shape index (κ3) is 14.2. The molecule has 2 heterocycles. The number of β-amino-alcohol motifs (C(OH)–C–C–N with tert-alkyl or cyclic N) is 1. The highest BCUT2D eigenvalue weighted by atomic mass is 32.1. The van der Waals surface area contributed by atoms with Gasteiger partial charge in [0.25, 0.3) is 0 Å². The summed E-state index contributed by atoms with van der Waals surface area (Å²) in [6, 6.07) is 32.6. The number of nitrogens with two attached hydrogens (primary N) is 1. The van der Waals surface area contributed by atoms with Crippen LogP contribution in [0.15, 0.2) is 109 Å². The van der Waals surface area contributed by atoms with Crippen molar-refractivity contribution in [2.75, 3.05) is 26.7 Å². The number of phenols is 1. The summed E-state index contributed by atoms with van der Waals surface area (Å²) < 4.78 is 6.07. The predicted molar refractivity (Wildman–Crippen MR) is 279 cm³/mol. The summed E-state index contributed by atoms with van der Waals surface area (Å²) in [5, 5.41) is 23.7. The lowest BCUT2D eigenvalue weighted by atomic mass is 9.70. The lowest BCUT2D eigenvalue weighted by molar-refractivity contribution is -0.149. The third-order valence-corrected chi connectivity index (χ3v) is 14.3. The number of amides is 4. The van der Waals surface area contributed by atoms with Crippen molar-refractivity contribution < 1.29 is 34.1 Å². The molecule has 6 rings (SSSR count). The Morgan fingerprint density at radius 1 is 0.886 bits per heavy atom. The van der Waals surface area contributed by atoms with Gasteiger partial charge in [0.15, 0.2) is 0 Å². The molecule has 4 amide bonds. The van der Waals surface area contributed by atoms with Gasteiger partial charge < -0.3 is 35.8 Å². The Morgan fingerprint density at radius 2 is 1.53 bits per heavy atom. The SMILES string of the molecule is CCC(=C(c1ccc(O)cc1)c1ccc(OCCN(C)C(=O)CCCCCCCC(C(N)=O)[C@H](C(=O)N2C[C@H](O)C[C@H]2C(=O)NCc2ccc(-c3scnc3C)cc2)C(C)(C)C)cc1)c1ccccc1. The fourth-order valence-electron chi connectivity index (χ4n) is 9.58. The van der Waals surface area contributed by atoms with E-state index in [0.717, 1.165) is 76.1 Å². The molecule has 1 aromatic heterocycles. The molecule has 70 heavy (non-hydrogen) atoms. The Balaban J connectivity index is 0.933. The summed E-state index contributed by atoms with van der Waals surface area (Å²) in [7, 11) is 1.79. The average Bonchev–Trinajstić information content (AvgIpc) is 3.97. The number of ether oxygens (including phenoxy) is 1. The predicted octanol–water partition coefficient (Wildman–Crippen LogP) is 9.80. The zero-order valence-corrected chi connectivity index (χ0v) is 42.5. The monoisotopic (exact) mass is 970 g/mol. The van der Waals surface area contributed by atoms with E-state index >= 15 is 0 Å². The standard InChI is InChI=1S/C57H71N5O7S/c1-7-47(40-16-12-11-13-17-40)51(41-24-28-44(63)29-25-41)42-26-30-46(31-27-42)69-33-32-61(6)50(65)19-15-10-8-9-14-18-48(54(58)66)52(57(3,4)5)56(68)62-36-45(64)34-49(62)55(67)59-35-39-20-22-43(23-21-39)53-38(2)60-37-70-53/h11-13,16-17,20-31,37,45,48-49,52,63-64H,7-10,14-15,18-19,32-36H2,1-6H3,(H2,58,66)(H,59,67)/t45-,48?,49+,52-/m1/s1. The first-order chi connectivity index (χ1) is 33.5. The van der Waals surface area contributed by atoms with Crippen LogP contribution in [0.2, 0.25) is 0 Å². The lowest BCUT2D eigenvalue weighted by Gasteiger charge is -2.38. The van der Waals surface area contributed by atoms with Crippen LogP contribution >= 0.6 is 11.3 Å². The summed E-state index contributed by atoms with van der Waals surface area (Å²) in [5.74, 6) is -1.81. The van der Waals surface area contributed by atoms with Gasteiger partial charge in [0.2, 0.25) is 23.6 Å². The number of carbonyl (C=O) groups excluding carboxylic acids is 4. The van der Waals surface area contributed by atoms with Crippen LogP contribution in [0.5, 0.6) is 11.5 Å². The van der Waals surface area contributed by atoms with Crippen LogP contribution in [0.25, 0.3) is 21.6 Å². The minimum Gasteiger partial charge on any atom is -0.508 e. The molecule has 4 aromatic carbocycles. The van der Waals surface area contributed by atoms with Crippen molar-refractivity contribution in [3.05, 3.63) is 137 Å². The summed E-state index contributed by atoms with van der Waals surface area (Å²) in [4.78, 5) is 62.7. The lowest BCUT2D eigenvalue weighted by Crippen LogP contribution is -2.52. The number of primary amides is 1. The molecule has 0 spiro atoms. The number of rotatable bonds is 23. The molecule has 0 saturated carbocycles. The molecule has 5 aromatic rings. The Kier molecular flexibility index (Phi) is 18.9. The number of likely N-dealkylation sites (tertiary alicyclic amines) is 1. The first kappa shape index (κ1) is 53.0. The zero-order chi connectivity index (χ0) is 50.4. The number of allylic oxidation sites excluding steroid dienone is 1. The van der Waals surface area contributed by atoms with E-state index in [1.54, 1.807) is 35.4 Å². The number of thiazole rings is 1. The van der Waals surface area contributed by atoms with Crippen molar-refractivity contribution in [1.29, 1.82) is 0 Å². The molecule has 1 unspecified atom stereocenters. The number of likely N-dealkylation sites (N-methyl/N-ethyl adjacent to an activating group) is 1. The summed E-state index contributed by atoms with van der Waals surface area (Å²) in [5.41, 5.74) is 15.6. The van der Waals surface area contributed by atoms with Crippen molar-refractivity contribution in [2.45, 2.75) is 111 Å². The fraction of sp³-hybridized carbons (Fsp3) is 0.421. The minimum atomic E-state index is -0.873. The van der Waals surface area contributed by atoms with Crippen LogP contribution in [0.3, 0.4) is 0 Å². The molecular weight excluding hydrogens is 899 g/mol. The van der Waals surface area contributed by atoms with E-state index in [1.807, 2.05) is 112 Å². The van der Waals surface area contributed by atoms with E-state index in [4.69, 9.17) is 10.5 Å². The smallest absolute Gasteiger partial charge is 0.243 e. The number of hydrogen-bond acceptors (Lipinski definition) is 9. The fourth-order valence-corrected chi connectivity index (χ4v) is 10.4. The quantitative estimate of drug-likeness (QED) is 0.0370. The topological polar surface area (TPSA) is 175 Å². The molecule has 5 N–H and O–H groups in total. The maximum Gasteiger partial charge on any atom is 0.243 e. The van der Waals surface area contributed by atoms with E-state index in [1.165, 1.54) is 10.5 Å². The van der Waals surface area contributed by atoms with Crippen LogP contribution in [0, 0.1) is 24.2 Å². The number of nitrogens with one attached hydrogen (secondary N) is 1. The van der Waals surface area contributed by atoms with Crippen molar-refractivity contribution in [3.8, 4) is 21.9 Å². The van der Waals surface area contributed by atoms with E-state index < -0.39 is 35.3 Å². The number of carbonyl (C=O) groups is 4. The van der Waals surface area contributed by atoms with Gasteiger partial charge in [-0.3, -0.25) is 19.2 Å². The molecule has 372 valence electrons. The number of aromatic hydroxyl groups is 1. The van der Waals surface area contributed by atoms with Crippen LogP contribution in [0.1, 0.15) is 113 Å². The molecular formula is C57H71N5O7S. The van der Waals surface area contributed by atoms with E-state index in [2.05, 4.69) is 29.4 Å². The number of aryl methyl sites for hydroxylation is 1. The van der Waals surface area contributed by atoms with Crippen molar-refractivity contribution in [1.82, 2.24) is 20.1 Å². The second kappa shape index (κ2) is 25.0. The van der Waals surface area contributed by atoms with Crippen LogP contribution in [0.4, 0.5) is 0 Å². The second-order valence-corrected chi connectivity index (χ2v) is 20.4. The number of hydrogen-bond donors (Lipinski definition) is 4. The van der Waals surface area contributed by atoms with Crippen molar-refractivity contribution >= 4 is 46.1 Å². The maximum absolute atomic E-state index is 14.4. The first-order valence-corrected chi connectivity index (χ1v) is 25.5. The second-order valence-electron chi connectivity index (χ2n) is 19.5. The van der Waals surface area contributed by atoms with Gasteiger partial charge in [0, 0.05) is 38.9 Å². The largest absolute Gasteiger partial charge is 0.508 e. The number of aliphatic hydroxyl groups is 1. The molecule has 0 bridgehead atoms. The Hall–Kier alpha value is -6.31. The van der Waals surface area contributed by atoms with Crippen LogP contribution < -0.4 is 15.8 Å². The van der Waals surface area contributed by atoms with Gasteiger partial charge in [-0.2, -0.15) is 0 Å². The summed E-state index contributed by atoms with van der Waals surface area (Å²) in [6.07, 6.45) is 4.81.